The Kier molecular flexibility index (Phi) is 5.25. The summed E-state index contributed by atoms with van der Waals surface area (Å²) in [4.78, 5) is 0. The zero-order valence-electron chi connectivity index (χ0n) is 11.6. The zero-order chi connectivity index (χ0) is 12.8. The zero-order valence-corrected chi connectivity index (χ0v) is 11.6. The smallest absolute Gasteiger partial charge is 0.0792 e. The van der Waals surface area contributed by atoms with E-state index in [1.54, 1.807) is 0 Å². The Hall–Kier alpha value is -0.820. The fraction of sp³-hybridized carbons (Fsp3) is 0.647. The molecule has 1 heteroatoms. The van der Waals surface area contributed by atoms with Crippen LogP contribution in [0.25, 0.3) is 0 Å². The van der Waals surface area contributed by atoms with Crippen LogP contribution in [0.2, 0.25) is 0 Å². The third-order valence-electron chi connectivity index (χ3n) is 4.18. The van der Waals surface area contributed by atoms with Crippen molar-refractivity contribution in [1.29, 1.82) is 0 Å². The second kappa shape index (κ2) is 6.94. The highest BCUT2D eigenvalue weighted by molar-refractivity contribution is 5.24. The Morgan fingerprint density at radius 3 is 2.39 bits per heavy atom. The molecule has 0 aliphatic heterocycles. The van der Waals surface area contributed by atoms with Gasteiger partial charge in [0.2, 0.25) is 0 Å². The van der Waals surface area contributed by atoms with Crippen LogP contribution in [0.4, 0.5) is 0 Å². The lowest BCUT2D eigenvalue weighted by Gasteiger charge is -2.24. The first kappa shape index (κ1) is 13.6. The summed E-state index contributed by atoms with van der Waals surface area (Å²) < 4.78 is 0. The van der Waals surface area contributed by atoms with E-state index >= 15 is 0 Å². The van der Waals surface area contributed by atoms with Crippen molar-refractivity contribution in [1.82, 2.24) is 0 Å². The molecule has 2 rings (SSSR count). The molecule has 1 aromatic rings. The summed E-state index contributed by atoms with van der Waals surface area (Å²) >= 11 is 0. The SMILES string of the molecule is CCCc1ccc(C(O)CC2CCCCC2)cc1. The summed E-state index contributed by atoms with van der Waals surface area (Å²) in [5, 5.41) is 10.3. The van der Waals surface area contributed by atoms with Crippen LogP contribution >= 0.6 is 0 Å². The summed E-state index contributed by atoms with van der Waals surface area (Å²) in [6, 6.07) is 8.56. The van der Waals surface area contributed by atoms with Gasteiger partial charge in [-0.25, -0.2) is 0 Å². The molecule has 0 bridgehead atoms. The lowest BCUT2D eigenvalue weighted by molar-refractivity contribution is 0.131. The standard InChI is InChI=1S/C17H26O/c1-2-6-14-9-11-16(12-10-14)17(18)13-15-7-4-3-5-8-15/h9-12,15,17-18H,2-8,13H2,1H3. The minimum absolute atomic E-state index is 0.260. The van der Waals surface area contributed by atoms with Gasteiger partial charge in [0.25, 0.3) is 0 Å². The topological polar surface area (TPSA) is 20.2 Å². The lowest BCUT2D eigenvalue weighted by atomic mass is 9.84. The maximum Gasteiger partial charge on any atom is 0.0792 e. The van der Waals surface area contributed by atoms with Gasteiger partial charge in [-0.05, 0) is 29.9 Å². The predicted octanol–water partition coefficient (Wildman–Crippen LogP) is 4.64. The Balaban J connectivity index is 1.89. The Morgan fingerprint density at radius 1 is 1.11 bits per heavy atom. The van der Waals surface area contributed by atoms with E-state index in [2.05, 4.69) is 31.2 Å². The van der Waals surface area contributed by atoms with Crippen LogP contribution in [0.5, 0.6) is 0 Å². The fourth-order valence-corrected chi connectivity index (χ4v) is 3.07. The third kappa shape index (κ3) is 3.84. The van der Waals surface area contributed by atoms with Gasteiger partial charge in [0, 0.05) is 0 Å². The van der Waals surface area contributed by atoms with Crippen molar-refractivity contribution in [3.8, 4) is 0 Å². The molecule has 0 aromatic heterocycles. The van der Waals surface area contributed by atoms with Crippen LogP contribution in [-0.2, 0) is 6.42 Å². The minimum atomic E-state index is -0.260. The van der Waals surface area contributed by atoms with Gasteiger partial charge in [-0.3, -0.25) is 0 Å². The summed E-state index contributed by atoms with van der Waals surface area (Å²) in [6.45, 7) is 2.20. The van der Waals surface area contributed by atoms with E-state index in [9.17, 15) is 5.11 Å². The molecule has 0 spiro atoms. The molecular formula is C17H26O. The maximum absolute atomic E-state index is 10.3. The quantitative estimate of drug-likeness (QED) is 0.802. The molecule has 100 valence electrons. The Labute approximate surface area is 111 Å². The number of aryl methyl sites for hydroxylation is 1. The fourth-order valence-electron chi connectivity index (χ4n) is 3.07. The van der Waals surface area contributed by atoms with E-state index in [1.165, 1.54) is 44.1 Å². The molecule has 1 atom stereocenters. The van der Waals surface area contributed by atoms with Crippen molar-refractivity contribution in [2.45, 2.75) is 64.4 Å². The van der Waals surface area contributed by atoms with Crippen LogP contribution in [0.15, 0.2) is 24.3 Å². The van der Waals surface area contributed by atoms with Crippen LogP contribution in [0.3, 0.4) is 0 Å². The highest BCUT2D eigenvalue weighted by atomic mass is 16.3. The van der Waals surface area contributed by atoms with Crippen LogP contribution < -0.4 is 0 Å². The summed E-state index contributed by atoms with van der Waals surface area (Å²) in [6.07, 6.45) is 9.73. The van der Waals surface area contributed by atoms with Gasteiger partial charge >= 0.3 is 0 Å². The van der Waals surface area contributed by atoms with E-state index in [4.69, 9.17) is 0 Å². The van der Waals surface area contributed by atoms with Gasteiger partial charge < -0.3 is 5.11 Å². The van der Waals surface area contributed by atoms with Crippen molar-refractivity contribution in [2.24, 2.45) is 5.92 Å². The van der Waals surface area contributed by atoms with Crippen molar-refractivity contribution in [2.75, 3.05) is 0 Å². The summed E-state index contributed by atoms with van der Waals surface area (Å²) in [5.41, 5.74) is 2.48. The van der Waals surface area contributed by atoms with E-state index in [0.29, 0.717) is 0 Å². The molecule has 18 heavy (non-hydrogen) atoms. The Morgan fingerprint density at radius 2 is 1.78 bits per heavy atom. The van der Waals surface area contributed by atoms with Gasteiger partial charge in [0.15, 0.2) is 0 Å². The van der Waals surface area contributed by atoms with Gasteiger partial charge in [-0.1, -0.05) is 69.7 Å². The largest absolute Gasteiger partial charge is 0.388 e. The second-order valence-electron chi connectivity index (χ2n) is 5.75. The van der Waals surface area contributed by atoms with E-state index in [1.807, 2.05) is 0 Å². The molecule has 0 saturated heterocycles. The molecule has 1 aliphatic rings. The molecule has 1 unspecified atom stereocenters. The predicted molar refractivity (Wildman–Crippen MR) is 76.6 cm³/mol. The van der Waals surface area contributed by atoms with E-state index < -0.39 is 0 Å². The Bertz CT molecular complexity index is 335. The van der Waals surface area contributed by atoms with Crippen molar-refractivity contribution < 1.29 is 5.11 Å². The van der Waals surface area contributed by atoms with Crippen molar-refractivity contribution >= 4 is 0 Å². The molecule has 1 nitrogen and oxygen atoms in total. The highest BCUT2D eigenvalue weighted by Gasteiger charge is 2.18. The van der Waals surface area contributed by atoms with Crippen molar-refractivity contribution in [3.63, 3.8) is 0 Å². The number of hydrogen-bond donors (Lipinski definition) is 1. The van der Waals surface area contributed by atoms with Gasteiger partial charge in [0.05, 0.1) is 6.10 Å². The molecular weight excluding hydrogens is 220 g/mol. The lowest BCUT2D eigenvalue weighted by Crippen LogP contribution is -2.11. The van der Waals surface area contributed by atoms with Crippen LogP contribution in [-0.4, -0.2) is 5.11 Å². The van der Waals surface area contributed by atoms with Crippen molar-refractivity contribution in [3.05, 3.63) is 35.4 Å². The van der Waals surface area contributed by atoms with Gasteiger partial charge in [0.1, 0.15) is 0 Å². The average Bonchev–Trinajstić information content (AvgIpc) is 2.41. The molecule has 1 N–H and O–H groups in total. The molecule has 0 radical (unpaired) electrons. The van der Waals surface area contributed by atoms with E-state index in [0.717, 1.165) is 24.3 Å². The van der Waals surface area contributed by atoms with Gasteiger partial charge in [-0.15, -0.1) is 0 Å². The number of aliphatic hydroxyl groups excluding tert-OH is 1. The number of aliphatic hydroxyl groups is 1. The van der Waals surface area contributed by atoms with E-state index in [-0.39, 0.29) is 6.10 Å². The number of benzene rings is 1. The third-order valence-corrected chi connectivity index (χ3v) is 4.18. The normalized spacial score (nSPS) is 18.8. The van der Waals surface area contributed by atoms with Gasteiger partial charge in [-0.2, -0.15) is 0 Å². The summed E-state index contributed by atoms with van der Waals surface area (Å²) in [5.74, 6) is 0.740. The molecule has 0 amide bonds. The molecule has 1 aromatic carbocycles. The molecule has 1 saturated carbocycles. The summed E-state index contributed by atoms with van der Waals surface area (Å²) in [7, 11) is 0. The average molecular weight is 246 g/mol. The number of hydrogen-bond acceptors (Lipinski definition) is 1. The molecule has 0 heterocycles. The second-order valence-corrected chi connectivity index (χ2v) is 5.75. The first-order chi connectivity index (χ1) is 8.79. The molecule has 1 aliphatic carbocycles. The minimum Gasteiger partial charge on any atom is -0.388 e. The van der Waals surface area contributed by atoms with Crippen LogP contribution in [0.1, 0.15) is 69.1 Å². The highest BCUT2D eigenvalue weighted by Crippen LogP contribution is 2.31. The first-order valence-corrected chi connectivity index (χ1v) is 7.56. The number of rotatable bonds is 5. The first-order valence-electron chi connectivity index (χ1n) is 7.56. The monoisotopic (exact) mass is 246 g/mol. The molecule has 1 fully saturated rings. The van der Waals surface area contributed by atoms with Crippen LogP contribution in [0, 0.1) is 5.92 Å². The maximum atomic E-state index is 10.3.